The Morgan fingerprint density at radius 2 is 1.48 bits per heavy atom. The summed E-state index contributed by atoms with van der Waals surface area (Å²) >= 11 is 12.1. The van der Waals surface area contributed by atoms with Gasteiger partial charge in [-0.3, -0.25) is 14.4 Å². The SMILES string of the molecule is Cc1cccc(C(=O)N2CCCN(C(=O)C3CCCN3C(=O)c3cc(Cl)cc(Cl)c3)CC2)c1. The molecule has 8 heteroatoms. The van der Waals surface area contributed by atoms with Gasteiger partial charge in [-0.05, 0) is 56.5 Å². The Morgan fingerprint density at radius 3 is 2.21 bits per heavy atom. The van der Waals surface area contributed by atoms with Crippen molar-refractivity contribution in [1.82, 2.24) is 14.7 Å². The van der Waals surface area contributed by atoms with Crippen molar-refractivity contribution in [1.29, 1.82) is 0 Å². The Bertz CT molecular complexity index is 1050. The van der Waals surface area contributed by atoms with Crippen molar-refractivity contribution in [2.24, 2.45) is 0 Å². The minimum Gasteiger partial charge on any atom is -0.339 e. The van der Waals surface area contributed by atoms with Crippen LogP contribution in [0.2, 0.25) is 10.0 Å². The standard InChI is InChI=1S/C25H27Cl2N3O3/c1-17-5-2-6-18(13-17)23(31)28-8-4-9-29(12-11-28)25(33)22-7-3-10-30(22)24(32)19-14-20(26)16-21(27)15-19/h2,5-6,13-16,22H,3-4,7-12H2,1H3. The second-order valence-electron chi connectivity index (χ2n) is 8.66. The maximum absolute atomic E-state index is 13.4. The van der Waals surface area contributed by atoms with Gasteiger partial charge in [0.2, 0.25) is 5.91 Å². The molecule has 6 nitrogen and oxygen atoms in total. The van der Waals surface area contributed by atoms with E-state index in [1.54, 1.807) is 28.0 Å². The first-order chi connectivity index (χ1) is 15.8. The molecular weight excluding hydrogens is 461 g/mol. The van der Waals surface area contributed by atoms with Gasteiger partial charge in [0.05, 0.1) is 0 Å². The van der Waals surface area contributed by atoms with Gasteiger partial charge in [0, 0.05) is 53.9 Å². The zero-order valence-electron chi connectivity index (χ0n) is 18.6. The minimum absolute atomic E-state index is 0.0106. The molecule has 174 valence electrons. The molecule has 33 heavy (non-hydrogen) atoms. The first-order valence-electron chi connectivity index (χ1n) is 11.3. The summed E-state index contributed by atoms with van der Waals surface area (Å²) in [6.45, 7) is 4.58. The largest absolute Gasteiger partial charge is 0.339 e. The molecule has 2 aliphatic heterocycles. The molecule has 3 amide bonds. The molecule has 0 spiro atoms. The second kappa shape index (κ2) is 10.1. The predicted molar refractivity (Wildman–Crippen MR) is 129 cm³/mol. The number of nitrogens with zero attached hydrogens (tertiary/aromatic N) is 3. The fourth-order valence-corrected chi connectivity index (χ4v) is 5.15. The van der Waals surface area contributed by atoms with E-state index in [0.29, 0.717) is 66.7 Å². The summed E-state index contributed by atoms with van der Waals surface area (Å²) in [4.78, 5) is 44.7. The third-order valence-corrected chi connectivity index (χ3v) is 6.70. The van der Waals surface area contributed by atoms with E-state index in [-0.39, 0.29) is 17.7 Å². The van der Waals surface area contributed by atoms with Crippen LogP contribution in [-0.4, -0.2) is 71.2 Å². The summed E-state index contributed by atoms with van der Waals surface area (Å²) < 4.78 is 0. The number of aryl methyl sites for hydroxylation is 1. The summed E-state index contributed by atoms with van der Waals surface area (Å²) in [5.41, 5.74) is 2.10. The van der Waals surface area contributed by atoms with Crippen LogP contribution < -0.4 is 0 Å². The predicted octanol–water partition coefficient (Wildman–Crippen LogP) is 4.28. The van der Waals surface area contributed by atoms with Gasteiger partial charge in [0.25, 0.3) is 11.8 Å². The molecule has 4 rings (SSSR count). The van der Waals surface area contributed by atoms with Gasteiger partial charge in [0.1, 0.15) is 6.04 Å². The Balaban J connectivity index is 1.43. The van der Waals surface area contributed by atoms with Crippen LogP contribution in [0, 0.1) is 6.92 Å². The van der Waals surface area contributed by atoms with Crippen molar-refractivity contribution in [2.45, 2.75) is 32.2 Å². The number of carbonyl (C=O) groups is 3. The van der Waals surface area contributed by atoms with E-state index in [1.165, 1.54) is 0 Å². The van der Waals surface area contributed by atoms with Gasteiger partial charge in [-0.1, -0.05) is 40.9 Å². The topological polar surface area (TPSA) is 60.9 Å². The van der Waals surface area contributed by atoms with Crippen LogP contribution in [0.25, 0.3) is 0 Å². The Hall–Kier alpha value is -2.57. The van der Waals surface area contributed by atoms with Crippen LogP contribution in [0.5, 0.6) is 0 Å². The normalized spacial score (nSPS) is 18.9. The van der Waals surface area contributed by atoms with Crippen LogP contribution >= 0.6 is 23.2 Å². The number of halogens is 2. The molecule has 2 fully saturated rings. The molecular formula is C25H27Cl2N3O3. The fraction of sp³-hybridized carbons (Fsp3) is 0.400. The van der Waals surface area contributed by atoms with Crippen LogP contribution in [0.3, 0.4) is 0 Å². The number of carbonyl (C=O) groups excluding carboxylic acids is 3. The molecule has 0 aromatic heterocycles. The molecule has 2 aromatic carbocycles. The lowest BCUT2D eigenvalue weighted by Gasteiger charge is -2.30. The highest BCUT2D eigenvalue weighted by Crippen LogP contribution is 2.26. The molecule has 2 saturated heterocycles. The summed E-state index contributed by atoms with van der Waals surface area (Å²) in [6, 6.07) is 11.8. The quantitative estimate of drug-likeness (QED) is 0.648. The highest BCUT2D eigenvalue weighted by molar-refractivity contribution is 6.35. The van der Waals surface area contributed by atoms with Gasteiger partial charge in [-0.25, -0.2) is 0 Å². The lowest BCUT2D eigenvalue weighted by molar-refractivity contribution is -0.135. The summed E-state index contributed by atoms with van der Waals surface area (Å²) in [5.74, 6) is -0.302. The lowest BCUT2D eigenvalue weighted by atomic mass is 10.1. The molecule has 0 aliphatic carbocycles. The third kappa shape index (κ3) is 5.33. The van der Waals surface area contributed by atoms with E-state index < -0.39 is 6.04 Å². The summed E-state index contributed by atoms with van der Waals surface area (Å²) in [7, 11) is 0. The van der Waals surface area contributed by atoms with E-state index in [4.69, 9.17) is 23.2 Å². The summed E-state index contributed by atoms with van der Waals surface area (Å²) in [5, 5.41) is 0.776. The van der Waals surface area contributed by atoms with Crippen LogP contribution in [0.1, 0.15) is 45.5 Å². The second-order valence-corrected chi connectivity index (χ2v) is 9.53. The average molecular weight is 488 g/mol. The Labute approximate surface area is 204 Å². The van der Waals surface area contributed by atoms with E-state index in [1.807, 2.05) is 36.1 Å². The van der Waals surface area contributed by atoms with E-state index in [0.717, 1.165) is 12.0 Å². The highest BCUT2D eigenvalue weighted by Gasteiger charge is 2.37. The molecule has 0 N–H and O–H groups in total. The maximum Gasteiger partial charge on any atom is 0.254 e. The average Bonchev–Trinajstić information content (AvgIpc) is 3.14. The molecule has 2 aliphatic rings. The van der Waals surface area contributed by atoms with E-state index >= 15 is 0 Å². The van der Waals surface area contributed by atoms with Gasteiger partial charge in [-0.2, -0.15) is 0 Å². The van der Waals surface area contributed by atoms with Crippen molar-refractivity contribution in [3.63, 3.8) is 0 Å². The maximum atomic E-state index is 13.4. The molecule has 2 heterocycles. The Morgan fingerprint density at radius 1 is 0.788 bits per heavy atom. The molecule has 0 radical (unpaired) electrons. The van der Waals surface area contributed by atoms with Gasteiger partial charge in [0.15, 0.2) is 0 Å². The van der Waals surface area contributed by atoms with E-state index in [9.17, 15) is 14.4 Å². The first kappa shape index (κ1) is 23.6. The summed E-state index contributed by atoms with van der Waals surface area (Å²) in [6.07, 6.45) is 2.09. The van der Waals surface area contributed by atoms with Crippen molar-refractivity contribution < 1.29 is 14.4 Å². The molecule has 2 aromatic rings. The third-order valence-electron chi connectivity index (χ3n) is 6.27. The van der Waals surface area contributed by atoms with Gasteiger partial charge in [-0.15, -0.1) is 0 Å². The molecule has 0 bridgehead atoms. The smallest absolute Gasteiger partial charge is 0.254 e. The van der Waals surface area contributed by atoms with Crippen molar-refractivity contribution in [3.8, 4) is 0 Å². The molecule has 1 unspecified atom stereocenters. The van der Waals surface area contributed by atoms with Crippen molar-refractivity contribution >= 4 is 40.9 Å². The number of hydrogen-bond donors (Lipinski definition) is 0. The van der Waals surface area contributed by atoms with E-state index in [2.05, 4.69) is 0 Å². The van der Waals surface area contributed by atoms with Crippen LogP contribution in [-0.2, 0) is 4.79 Å². The number of likely N-dealkylation sites (tertiary alicyclic amines) is 1. The number of amides is 3. The highest BCUT2D eigenvalue weighted by atomic mass is 35.5. The Kier molecular flexibility index (Phi) is 7.25. The zero-order valence-corrected chi connectivity index (χ0v) is 20.1. The van der Waals surface area contributed by atoms with Gasteiger partial charge >= 0.3 is 0 Å². The first-order valence-corrected chi connectivity index (χ1v) is 12.0. The molecule has 0 saturated carbocycles. The van der Waals surface area contributed by atoms with Crippen LogP contribution in [0.4, 0.5) is 0 Å². The number of rotatable bonds is 3. The van der Waals surface area contributed by atoms with Crippen molar-refractivity contribution in [2.75, 3.05) is 32.7 Å². The number of hydrogen-bond acceptors (Lipinski definition) is 3. The fourth-order valence-electron chi connectivity index (χ4n) is 4.62. The van der Waals surface area contributed by atoms with Gasteiger partial charge < -0.3 is 14.7 Å². The van der Waals surface area contributed by atoms with Crippen LogP contribution in [0.15, 0.2) is 42.5 Å². The minimum atomic E-state index is -0.505. The monoisotopic (exact) mass is 487 g/mol. The zero-order chi connectivity index (χ0) is 23.5. The van der Waals surface area contributed by atoms with Crippen molar-refractivity contribution in [3.05, 3.63) is 69.2 Å². The lowest BCUT2D eigenvalue weighted by Crippen LogP contribution is -2.48. The number of benzene rings is 2. The molecule has 1 atom stereocenters.